The van der Waals surface area contributed by atoms with E-state index >= 15 is 0 Å². The monoisotopic (exact) mass is 292 g/mol. The summed E-state index contributed by atoms with van der Waals surface area (Å²) in [6.07, 6.45) is 2.78. The van der Waals surface area contributed by atoms with Crippen LogP contribution < -0.4 is 0 Å². The molecule has 0 radical (unpaired) electrons. The molecule has 2 rings (SSSR count). The summed E-state index contributed by atoms with van der Waals surface area (Å²) in [6, 6.07) is 0.182. The Hall–Kier alpha value is -1.23. The van der Waals surface area contributed by atoms with E-state index in [0.717, 1.165) is 18.7 Å². The van der Waals surface area contributed by atoms with Crippen LogP contribution in [0.2, 0.25) is 0 Å². The molecular weight excluding hydrogens is 264 g/mol. The molecule has 0 amide bonds. The molecule has 0 saturated carbocycles. The highest BCUT2D eigenvalue weighted by Crippen LogP contribution is 2.36. The van der Waals surface area contributed by atoms with E-state index in [1.807, 2.05) is 38.6 Å². The zero-order valence-corrected chi connectivity index (χ0v) is 14.3. The van der Waals surface area contributed by atoms with Crippen molar-refractivity contribution in [1.29, 1.82) is 0 Å². The molecule has 2 heterocycles. The minimum absolute atomic E-state index is 0.0318. The maximum Gasteiger partial charge on any atom is 0.155 e. The van der Waals surface area contributed by atoms with Crippen molar-refractivity contribution < 1.29 is 4.79 Å². The third-order valence-corrected chi connectivity index (χ3v) is 4.18. The summed E-state index contributed by atoms with van der Waals surface area (Å²) in [5.74, 6) is 0.316. The molecule has 5 heteroatoms. The lowest BCUT2D eigenvalue weighted by Crippen LogP contribution is -2.50. The van der Waals surface area contributed by atoms with Crippen LogP contribution in [-0.2, 0) is 4.79 Å². The molecule has 5 nitrogen and oxygen atoms in total. The molecule has 0 aliphatic carbocycles. The van der Waals surface area contributed by atoms with Gasteiger partial charge in [-0.1, -0.05) is 26.0 Å². The van der Waals surface area contributed by atoms with Crippen LogP contribution in [-0.4, -0.2) is 43.8 Å². The average Bonchev–Trinajstić information content (AvgIpc) is 2.91. The number of aromatic nitrogens is 3. The highest BCUT2D eigenvalue weighted by atomic mass is 16.1. The van der Waals surface area contributed by atoms with Crippen molar-refractivity contribution in [3.8, 4) is 0 Å². The van der Waals surface area contributed by atoms with Gasteiger partial charge in [0, 0.05) is 23.7 Å². The van der Waals surface area contributed by atoms with E-state index in [1.54, 1.807) is 0 Å². The van der Waals surface area contributed by atoms with Crippen molar-refractivity contribution in [2.45, 2.75) is 72.5 Å². The largest absolute Gasteiger partial charge is 0.297 e. The van der Waals surface area contributed by atoms with E-state index in [-0.39, 0.29) is 23.0 Å². The standard InChI is InChI=1S/C16H28N4O/c1-11-9-20(18-17-11)12-8-13(14(21)15(2,3)4)19(10-12)16(5,6)7/h9,12-13H,8,10H2,1-7H3. The van der Waals surface area contributed by atoms with Crippen molar-refractivity contribution in [1.82, 2.24) is 19.9 Å². The third kappa shape index (κ3) is 3.34. The number of Topliss-reactive ketones (excluding diaryl/α,β-unsaturated/α-hetero) is 1. The number of ketones is 1. The summed E-state index contributed by atoms with van der Waals surface area (Å²) < 4.78 is 1.92. The Balaban J connectivity index is 2.28. The molecule has 0 bridgehead atoms. The third-order valence-electron chi connectivity index (χ3n) is 4.18. The van der Waals surface area contributed by atoms with Gasteiger partial charge < -0.3 is 0 Å². The molecule has 2 unspecified atom stereocenters. The number of aryl methyl sites for hydroxylation is 1. The topological polar surface area (TPSA) is 51.0 Å². The molecule has 1 aromatic rings. The van der Waals surface area contributed by atoms with Crippen LogP contribution >= 0.6 is 0 Å². The zero-order chi connectivity index (χ0) is 16.0. The van der Waals surface area contributed by atoms with Gasteiger partial charge in [-0.3, -0.25) is 9.69 Å². The number of hydrogen-bond acceptors (Lipinski definition) is 4. The van der Waals surface area contributed by atoms with Gasteiger partial charge in [-0.25, -0.2) is 4.68 Å². The highest BCUT2D eigenvalue weighted by molar-refractivity contribution is 5.89. The lowest BCUT2D eigenvalue weighted by atomic mass is 9.84. The molecule has 0 spiro atoms. The van der Waals surface area contributed by atoms with Crippen molar-refractivity contribution in [3.63, 3.8) is 0 Å². The van der Waals surface area contributed by atoms with E-state index in [0.29, 0.717) is 5.78 Å². The first kappa shape index (κ1) is 16.1. The van der Waals surface area contributed by atoms with Gasteiger partial charge in [0.05, 0.1) is 17.8 Å². The van der Waals surface area contributed by atoms with Gasteiger partial charge in [0.25, 0.3) is 0 Å². The molecule has 2 atom stereocenters. The minimum Gasteiger partial charge on any atom is -0.297 e. The molecule has 0 N–H and O–H groups in total. The van der Waals surface area contributed by atoms with E-state index in [2.05, 4.69) is 36.0 Å². The molecule has 118 valence electrons. The average molecular weight is 292 g/mol. The summed E-state index contributed by atoms with van der Waals surface area (Å²) in [6.45, 7) is 15.3. The summed E-state index contributed by atoms with van der Waals surface area (Å²) in [5.41, 5.74) is 0.569. The Bertz CT molecular complexity index is 521. The maximum atomic E-state index is 12.8. The number of carbonyl (C=O) groups excluding carboxylic acids is 1. The van der Waals surface area contributed by atoms with E-state index < -0.39 is 0 Å². The van der Waals surface area contributed by atoms with Crippen LogP contribution in [0.25, 0.3) is 0 Å². The van der Waals surface area contributed by atoms with Crippen LogP contribution in [0.4, 0.5) is 0 Å². The summed E-state index contributed by atoms with van der Waals surface area (Å²) >= 11 is 0. The van der Waals surface area contributed by atoms with Gasteiger partial charge in [0.1, 0.15) is 0 Å². The van der Waals surface area contributed by atoms with Gasteiger partial charge in [-0.15, -0.1) is 5.10 Å². The number of hydrogen-bond donors (Lipinski definition) is 0. The first-order valence-electron chi connectivity index (χ1n) is 7.69. The van der Waals surface area contributed by atoms with Crippen molar-refractivity contribution in [2.75, 3.05) is 6.54 Å². The zero-order valence-electron chi connectivity index (χ0n) is 14.3. The Morgan fingerprint density at radius 2 is 1.86 bits per heavy atom. The lowest BCUT2D eigenvalue weighted by Gasteiger charge is -2.38. The summed E-state index contributed by atoms with van der Waals surface area (Å²) in [7, 11) is 0. The first-order valence-corrected chi connectivity index (χ1v) is 7.69. The second-order valence-corrected chi connectivity index (χ2v) is 8.18. The minimum atomic E-state index is -0.318. The lowest BCUT2D eigenvalue weighted by molar-refractivity contribution is -0.132. The quantitative estimate of drug-likeness (QED) is 0.841. The highest BCUT2D eigenvalue weighted by Gasteiger charge is 2.45. The summed E-state index contributed by atoms with van der Waals surface area (Å²) in [5, 5.41) is 8.28. The smallest absolute Gasteiger partial charge is 0.155 e. The molecule has 21 heavy (non-hydrogen) atoms. The Morgan fingerprint density at radius 1 is 1.24 bits per heavy atom. The number of likely N-dealkylation sites (tertiary alicyclic amines) is 1. The Morgan fingerprint density at radius 3 is 2.29 bits per heavy atom. The van der Waals surface area contributed by atoms with Gasteiger partial charge in [0.2, 0.25) is 0 Å². The molecular formula is C16H28N4O. The predicted molar refractivity (Wildman–Crippen MR) is 83.1 cm³/mol. The van der Waals surface area contributed by atoms with Gasteiger partial charge in [0.15, 0.2) is 5.78 Å². The molecule has 1 fully saturated rings. The van der Waals surface area contributed by atoms with Crippen molar-refractivity contribution >= 4 is 5.78 Å². The van der Waals surface area contributed by atoms with Crippen molar-refractivity contribution in [3.05, 3.63) is 11.9 Å². The SMILES string of the molecule is Cc1cn(C2CC(C(=O)C(C)(C)C)N(C(C)(C)C)C2)nn1. The normalized spacial score (nSPS) is 24.5. The van der Waals surface area contributed by atoms with E-state index in [9.17, 15) is 4.79 Å². The van der Waals surface area contributed by atoms with Crippen LogP contribution in [0.5, 0.6) is 0 Å². The van der Waals surface area contributed by atoms with Gasteiger partial charge >= 0.3 is 0 Å². The van der Waals surface area contributed by atoms with Crippen molar-refractivity contribution in [2.24, 2.45) is 5.41 Å². The molecule has 1 aliphatic heterocycles. The fourth-order valence-corrected chi connectivity index (χ4v) is 3.04. The van der Waals surface area contributed by atoms with Gasteiger partial charge in [-0.2, -0.15) is 0 Å². The maximum absolute atomic E-state index is 12.8. The Kier molecular flexibility index (Phi) is 4.00. The molecule has 1 aromatic heterocycles. The Labute approximate surface area is 127 Å². The fraction of sp³-hybridized carbons (Fsp3) is 0.812. The molecule has 1 saturated heterocycles. The van der Waals surface area contributed by atoms with Gasteiger partial charge in [-0.05, 0) is 34.1 Å². The number of rotatable bonds is 2. The predicted octanol–water partition coefficient (Wildman–Crippen LogP) is 2.62. The number of nitrogens with zero attached hydrogens (tertiary/aromatic N) is 4. The van der Waals surface area contributed by atoms with Crippen LogP contribution in [0, 0.1) is 12.3 Å². The number of carbonyl (C=O) groups is 1. The van der Waals surface area contributed by atoms with Crippen LogP contribution in [0.1, 0.15) is 59.7 Å². The molecule has 1 aliphatic rings. The van der Waals surface area contributed by atoms with E-state index in [4.69, 9.17) is 0 Å². The second-order valence-electron chi connectivity index (χ2n) is 8.18. The van der Waals surface area contributed by atoms with Crippen LogP contribution in [0.3, 0.4) is 0 Å². The fourth-order valence-electron chi connectivity index (χ4n) is 3.04. The second kappa shape index (κ2) is 5.20. The van der Waals surface area contributed by atoms with Crippen LogP contribution in [0.15, 0.2) is 6.20 Å². The van der Waals surface area contributed by atoms with E-state index in [1.165, 1.54) is 0 Å². The first-order chi connectivity index (χ1) is 9.50. The summed E-state index contributed by atoms with van der Waals surface area (Å²) in [4.78, 5) is 15.1. The molecule has 0 aromatic carbocycles.